The van der Waals surface area contributed by atoms with Gasteiger partial charge in [0.15, 0.2) is 5.16 Å². The summed E-state index contributed by atoms with van der Waals surface area (Å²) in [5, 5.41) is 3.56. The predicted octanol–water partition coefficient (Wildman–Crippen LogP) is 3.77. The van der Waals surface area contributed by atoms with Crippen molar-refractivity contribution in [2.24, 2.45) is 0 Å². The SMILES string of the molecule is C[C@H](Sc1nc2cc(Cl)ccc2n1Cc1ccccc1)C(=O)N1CCNC1=O. The zero-order chi connectivity index (χ0) is 19.7. The van der Waals surface area contributed by atoms with Crippen molar-refractivity contribution >= 4 is 46.3 Å². The highest BCUT2D eigenvalue weighted by Crippen LogP contribution is 2.30. The quantitative estimate of drug-likeness (QED) is 0.645. The maximum absolute atomic E-state index is 12.7. The number of hydrogen-bond donors (Lipinski definition) is 1. The van der Waals surface area contributed by atoms with E-state index in [4.69, 9.17) is 16.6 Å². The van der Waals surface area contributed by atoms with Crippen LogP contribution in [-0.2, 0) is 11.3 Å². The predicted molar refractivity (Wildman–Crippen MR) is 111 cm³/mol. The molecule has 1 aliphatic heterocycles. The summed E-state index contributed by atoms with van der Waals surface area (Å²) in [6.45, 7) is 3.33. The number of thioether (sulfide) groups is 1. The minimum absolute atomic E-state index is 0.212. The average molecular weight is 415 g/mol. The largest absolute Gasteiger partial charge is 0.336 e. The number of benzene rings is 2. The Morgan fingerprint density at radius 1 is 1.29 bits per heavy atom. The third kappa shape index (κ3) is 3.72. The standard InChI is InChI=1S/C20H19ClN4O2S/c1-13(18(26)24-10-9-22-19(24)27)28-20-23-16-11-15(21)7-8-17(16)25(20)12-14-5-3-2-4-6-14/h2-8,11,13H,9-10,12H2,1H3,(H,22,27)/t13-/m0/s1. The number of amides is 3. The van der Waals surface area contributed by atoms with Crippen LogP contribution in [0.1, 0.15) is 12.5 Å². The van der Waals surface area contributed by atoms with E-state index in [2.05, 4.69) is 22.0 Å². The Labute approximate surface area is 171 Å². The van der Waals surface area contributed by atoms with E-state index in [1.807, 2.05) is 36.4 Å². The van der Waals surface area contributed by atoms with Gasteiger partial charge in [-0.3, -0.25) is 9.69 Å². The van der Waals surface area contributed by atoms with E-state index < -0.39 is 5.25 Å². The van der Waals surface area contributed by atoms with E-state index in [0.29, 0.717) is 24.7 Å². The van der Waals surface area contributed by atoms with Gasteiger partial charge >= 0.3 is 6.03 Å². The van der Waals surface area contributed by atoms with E-state index >= 15 is 0 Å². The number of nitrogens with one attached hydrogen (secondary N) is 1. The zero-order valence-electron chi connectivity index (χ0n) is 15.3. The molecule has 2 aromatic carbocycles. The first-order chi connectivity index (χ1) is 13.5. The second-order valence-corrected chi connectivity index (χ2v) is 8.33. The molecule has 1 N–H and O–H groups in total. The van der Waals surface area contributed by atoms with Gasteiger partial charge in [-0.05, 0) is 30.7 Å². The van der Waals surface area contributed by atoms with E-state index in [1.54, 1.807) is 6.92 Å². The van der Waals surface area contributed by atoms with Crippen molar-refractivity contribution < 1.29 is 9.59 Å². The Balaban J connectivity index is 1.66. The zero-order valence-corrected chi connectivity index (χ0v) is 16.8. The lowest BCUT2D eigenvalue weighted by Gasteiger charge is -2.17. The number of urea groups is 1. The van der Waals surface area contributed by atoms with Gasteiger partial charge < -0.3 is 9.88 Å². The molecule has 144 valence electrons. The molecule has 0 spiro atoms. The van der Waals surface area contributed by atoms with Crippen LogP contribution in [0.2, 0.25) is 5.02 Å². The first-order valence-corrected chi connectivity index (χ1v) is 10.2. The summed E-state index contributed by atoms with van der Waals surface area (Å²) in [7, 11) is 0. The molecule has 2 heterocycles. The minimum Gasteiger partial charge on any atom is -0.336 e. The van der Waals surface area contributed by atoms with Gasteiger partial charge in [0, 0.05) is 18.1 Å². The van der Waals surface area contributed by atoms with Gasteiger partial charge in [-0.25, -0.2) is 9.78 Å². The van der Waals surface area contributed by atoms with Gasteiger partial charge in [-0.15, -0.1) is 0 Å². The van der Waals surface area contributed by atoms with Crippen LogP contribution in [0.3, 0.4) is 0 Å². The number of fused-ring (bicyclic) bond motifs is 1. The summed E-state index contributed by atoms with van der Waals surface area (Å²) in [6.07, 6.45) is 0. The topological polar surface area (TPSA) is 67.2 Å². The third-order valence-corrected chi connectivity index (χ3v) is 5.92. The lowest BCUT2D eigenvalue weighted by molar-refractivity contribution is -0.126. The fourth-order valence-corrected chi connectivity index (χ4v) is 4.35. The third-order valence-electron chi connectivity index (χ3n) is 4.61. The molecular weight excluding hydrogens is 396 g/mol. The summed E-state index contributed by atoms with van der Waals surface area (Å²) in [4.78, 5) is 30.5. The fraction of sp³-hybridized carbons (Fsp3) is 0.250. The molecule has 28 heavy (non-hydrogen) atoms. The smallest absolute Gasteiger partial charge is 0.324 e. The second-order valence-electron chi connectivity index (χ2n) is 6.58. The molecule has 0 saturated carbocycles. The highest BCUT2D eigenvalue weighted by Gasteiger charge is 2.31. The number of nitrogens with zero attached hydrogens (tertiary/aromatic N) is 3. The number of rotatable bonds is 5. The molecule has 0 bridgehead atoms. The molecule has 0 radical (unpaired) electrons. The van der Waals surface area contributed by atoms with Gasteiger partial charge in [0.1, 0.15) is 0 Å². The van der Waals surface area contributed by atoms with Crippen LogP contribution in [-0.4, -0.2) is 44.7 Å². The number of halogens is 1. The number of imide groups is 1. The molecule has 1 fully saturated rings. The summed E-state index contributed by atoms with van der Waals surface area (Å²) < 4.78 is 2.08. The van der Waals surface area contributed by atoms with Crippen molar-refractivity contribution in [3.63, 3.8) is 0 Å². The van der Waals surface area contributed by atoms with Crippen LogP contribution in [0.15, 0.2) is 53.7 Å². The van der Waals surface area contributed by atoms with Crippen molar-refractivity contribution in [3.8, 4) is 0 Å². The average Bonchev–Trinajstić information content (AvgIpc) is 3.25. The Morgan fingerprint density at radius 2 is 2.07 bits per heavy atom. The lowest BCUT2D eigenvalue weighted by atomic mass is 10.2. The van der Waals surface area contributed by atoms with Crippen LogP contribution < -0.4 is 5.32 Å². The Kier molecular flexibility index (Phi) is 5.28. The second kappa shape index (κ2) is 7.85. The van der Waals surface area contributed by atoms with Crippen molar-refractivity contribution in [2.75, 3.05) is 13.1 Å². The Bertz CT molecular complexity index is 1040. The molecule has 1 saturated heterocycles. The highest BCUT2D eigenvalue weighted by molar-refractivity contribution is 8.00. The molecule has 1 aliphatic rings. The Hall–Kier alpha value is -2.51. The summed E-state index contributed by atoms with van der Waals surface area (Å²) in [5.74, 6) is -0.212. The lowest BCUT2D eigenvalue weighted by Crippen LogP contribution is -2.39. The van der Waals surface area contributed by atoms with Crippen LogP contribution in [0.5, 0.6) is 0 Å². The minimum atomic E-state index is -0.439. The molecule has 3 amide bonds. The number of aromatic nitrogens is 2. The molecular formula is C20H19ClN4O2S. The van der Waals surface area contributed by atoms with Crippen molar-refractivity contribution in [2.45, 2.75) is 23.9 Å². The van der Waals surface area contributed by atoms with Crippen LogP contribution in [0.4, 0.5) is 4.79 Å². The number of hydrogen-bond acceptors (Lipinski definition) is 4. The maximum Gasteiger partial charge on any atom is 0.324 e. The van der Waals surface area contributed by atoms with Crippen LogP contribution in [0, 0.1) is 0 Å². The number of carbonyl (C=O) groups excluding carboxylic acids is 2. The molecule has 3 aromatic rings. The number of carbonyl (C=O) groups is 2. The summed E-state index contributed by atoms with van der Waals surface area (Å²) in [6, 6.07) is 15.4. The molecule has 0 unspecified atom stereocenters. The van der Waals surface area contributed by atoms with Gasteiger partial charge in [-0.2, -0.15) is 0 Å². The van der Waals surface area contributed by atoms with Gasteiger partial charge in [0.25, 0.3) is 0 Å². The van der Waals surface area contributed by atoms with Gasteiger partial charge in [-0.1, -0.05) is 53.7 Å². The molecule has 1 atom stereocenters. The molecule has 8 heteroatoms. The fourth-order valence-electron chi connectivity index (χ4n) is 3.20. The van der Waals surface area contributed by atoms with E-state index in [0.717, 1.165) is 21.8 Å². The van der Waals surface area contributed by atoms with E-state index in [1.165, 1.54) is 16.7 Å². The molecule has 1 aromatic heterocycles. The summed E-state index contributed by atoms with van der Waals surface area (Å²) in [5.41, 5.74) is 2.87. The molecule has 0 aliphatic carbocycles. The van der Waals surface area contributed by atoms with Crippen molar-refractivity contribution in [1.29, 1.82) is 0 Å². The van der Waals surface area contributed by atoms with Crippen LogP contribution in [0.25, 0.3) is 11.0 Å². The van der Waals surface area contributed by atoms with Crippen molar-refractivity contribution in [3.05, 3.63) is 59.1 Å². The summed E-state index contributed by atoms with van der Waals surface area (Å²) >= 11 is 7.49. The van der Waals surface area contributed by atoms with Crippen LogP contribution >= 0.6 is 23.4 Å². The number of imidazole rings is 1. The maximum atomic E-state index is 12.7. The molecule has 4 rings (SSSR count). The highest BCUT2D eigenvalue weighted by atomic mass is 35.5. The van der Waals surface area contributed by atoms with Gasteiger partial charge in [0.05, 0.1) is 22.8 Å². The van der Waals surface area contributed by atoms with Crippen molar-refractivity contribution in [1.82, 2.24) is 19.8 Å². The first kappa shape index (κ1) is 18.8. The molecule has 6 nitrogen and oxygen atoms in total. The van der Waals surface area contributed by atoms with E-state index in [9.17, 15) is 9.59 Å². The van der Waals surface area contributed by atoms with Gasteiger partial charge in [0.2, 0.25) is 5.91 Å². The van der Waals surface area contributed by atoms with E-state index in [-0.39, 0.29) is 11.9 Å². The monoisotopic (exact) mass is 414 g/mol. The Morgan fingerprint density at radius 3 is 2.79 bits per heavy atom. The first-order valence-electron chi connectivity index (χ1n) is 8.98. The normalized spacial score (nSPS) is 15.1.